The molecule has 3 aromatic rings. The van der Waals surface area contributed by atoms with Crippen LogP contribution in [0.5, 0.6) is 0 Å². The lowest BCUT2D eigenvalue weighted by Crippen LogP contribution is -2.52. The topological polar surface area (TPSA) is 74.8 Å². The molecular weight excluding hydrogens is 386 g/mol. The van der Waals surface area contributed by atoms with Crippen LogP contribution >= 0.6 is 0 Å². The molecule has 6 nitrogen and oxygen atoms in total. The summed E-state index contributed by atoms with van der Waals surface area (Å²) in [6.45, 7) is 11.1. The van der Waals surface area contributed by atoms with Crippen molar-refractivity contribution in [3.8, 4) is 28.5 Å². The molecule has 2 aromatic heterocycles. The molecule has 156 valence electrons. The lowest BCUT2D eigenvalue weighted by molar-refractivity contribution is -0.133. The molecule has 1 aliphatic heterocycles. The van der Waals surface area contributed by atoms with Crippen molar-refractivity contribution in [1.29, 1.82) is 5.26 Å². The van der Waals surface area contributed by atoms with Crippen LogP contribution in [-0.4, -0.2) is 31.6 Å². The molecule has 1 amide bonds. The van der Waals surface area contributed by atoms with Gasteiger partial charge >= 0.3 is 0 Å². The molecule has 0 bridgehead atoms. The summed E-state index contributed by atoms with van der Waals surface area (Å²) in [5.41, 5.74) is 5.06. The van der Waals surface area contributed by atoms with Gasteiger partial charge in [0.05, 0.1) is 36.5 Å². The minimum absolute atomic E-state index is 0.0195. The molecule has 0 radical (unpaired) electrons. The average molecular weight is 412 g/mol. The Bertz CT molecular complexity index is 1180. The highest BCUT2D eigenvalue weighted by Crippen LogP contribution is 2.39. The van der Waals surface area contributed by atoms with Gasteiger partial charge in [0.25, 0.3) is 0 Å². The normalized spacial score (nSPS) is 15.8. The standard InChI is InChI=1S/C25H25N5O/c1-5-22(31)29-15-20-23(18-9-11-27-12-10-18)24(19-8-6-7-17(13-19)14-26)28-30(20)16-21(29)25(2,3)4/h5-13,21H,1,15-16H2,2-4H3/t21-/m0/s1. The molecule has 0 fully saturated rings. The highest BCUT2D eigenvalue weighted by atomic mass is 16.2. The van der Waals surface area contributed by atoms with Crippen molar-refractivity contribution >= 4 is 5.91 Å². The molecule has 1 aromatic carbocycles. The molecule has 0 unspecified atom stereocenters. The number of hydrogen-bond donors (Lipinski definition) is 0. The van der Waals surface area contributed by atoms with Crippen LogP contribution in [0.15, 0.2) is 61.4 Å². The molecular formula is C25H25N5O. The molecule has 0 spiro atoms. The Morgan fingerprint density at radius 1 is 1.23 bits per heavy atom. The lowest BCUT2D eigenvalue weighted by Gasteiger charge is -2.43. The Hall–Kier alpha value is -3.72. The number of benzene rings is 1. The van der Waals surface area contributed by atoms with Crippen molar-refractivity contribution in [2.24, 2.45) is 5.41 Å². The van der Waals surface area contributed by atoms with E-state index in [-0.39, 0.29) is 17.4 Å². The van der Waals surface area contributed by atoms with Gasteiger partial charge in [-0.3, -0.25) is 14.5 Å². The van der Waals surface area contributed by atoms with Crippen LogP contribution in [0.1, 0.15) is 32.0 Å². The summed E-state index contributed by atoms with van der Waals surface area (Å²) >= 11 is 0. The van der Waals surface area contributed by atoms with Crippen LogP contribution in [0.4, 0.5) is 0 Å². The van der Waals surface area contributed by atoms with Crippen LogP contribution in [0.25, 0.3) is 22.4 Å². The number of nitriles is 1. The van der Waals surface area contributed by atoms with Crippen LogP contribution in [-0.2, 0) is 17.9 Å². The van der Waals surface area contributed by atoms with Crippen molar-refractivity contribution < 1.29 is 4.79 Å². The zero-order chi connectivity index (χ0) is 22.2. The molecule has 1 atom stereocenters. The van der Waals surface area contributed by atoms with E-state index < -0.39 is 0 Å². The fourth-order valence-corrected chi connectivity index (χ4v) is 4.19. The summed E-state index contributed by atoms with van der Waals surface area (Å²) in [5, 5.41) is 14.3. The third-order valence-electron chi connectivity index (χ3n) is 5.79. The van der Waals surface area contributed by atoms with E-state index in [9.17, 15) is 10.1 Å². The monoisotopic (exact) mass is 411 g/mol. The number of nitrogens with zero attached hydrogens (tertiary/aromatic N) is 5. The Balaban J connectivity index is 1.94. The zero-order valence-electron chi connectivity index (χ0n) is 18.0. The maximum Gasteiger partial charge on any atom is 0.246 e. The first-order valence-corrected chi connectivity index (χ1v) is 10.3. The largest absolute Gasteiger partial charge is 0.328 e. The maximum absolute atomic E-state index is 12.8. The van der Waals surface area contributed by atoms with Crippen LogP contribution < -0.4 is 0 Å². The van der Waals surface area contributed by atoms with Crippen molar-refractivity contribution in [3.63, 3.8) is 0 Å². The predicted octanol–water partition coefficient (Wildman–Crippen LogP) is 4.43. The predicted molar refractivity (Wildman–Crippen MR) is 120 cm³/mol. The van der Waals surface area contributed by atoms with E-state index >= 15 is 0 Å². The van der Waals surface area contributed by atoms with Crippen molar-refractivity contribution in [1.82, 2.24) is 19.7 Å². The van der Waals surface area contributed by atoms with Gasteiger partial charge in [0.1, 0.15) is 5.69 Å². The van der Waals surface area contributed by atoms with Gasteiger partial charge in [0, 0.05) is 23.5 Å². The lowest BCUT2D eigenvalue weighted by atomic mass is 9.84. The van der Waals surface area contributed by atoms with E-state index in [0.717, 1.165) is 28.1 Å². The van der Waals surface area contributed by atoms with E-state index in [2.05, 4.69) is 38.4 Å². The number of pyridine rings is 1. The quantitative estimate of drug-likeness (QED) is 0.598. The summed E-state index contributed by atoms with van der Waals surface area (Å²) in [6, 6.07) is 13.6. The number of hydrogen-bond acceptors (Lipinski definition) is 4. The molecule has 31 heavy (non-hydrogen) atoms. The summed E-state index contributed by atoms with van der Waals surface area (Å²) in [7, 11) is 0. The van der Waals surface area contributed by atoms with E-state index in [1.165, 1.54) is 6.08 Å². The minimum atomic E-state index is -0.125. The van der Waals surface area contributed by atoms with Gasteiger partial charge in [-0.05, 0) is 41.3 Å². The Kier molecular flexibility index (Phi) is 5.20. The summed E-state index contributed by atoms with van der Waals surface area (Å²) < 4.78 is 2.02. The fraction of sp³-hybridized carbons (Fsp3) is 0.280. The molecule has 0 saturated heterocycles. The van der Waals surface area contributed by atoms with Gasteiger partial charge in [-0.2, -0.15) is 10.4 Å². The van der Waals surface area contributed by atoms with E-state index in [1.807, 2.05) is 39.9 Å². The molecule has 6 heteroatoms. The molecule has 0 N–H and O–H groups in total. The summed E-state index contributed by atoms with van der Waals surface area (Å²) in [6.07, 6.45) is 4.89. The van der Waals surface area contributed by atoms with E-state index in [1.54, 1.807) is 18.5 Å². The second-order valence-electron chi connectivity index (χ2n) is 8.83. The van der Waals surface area contributed by atoms with Crippen molar-refractivity contribution in [2.45, 2.75) is 39.9 Å². The average Bonchev–Trinajstić information content (AvgIpc) is 3.16. The van der Waals surface area contributed by atoms with Crippen LogP contribution in [0.3, 0.4) is 0 Å². The number of carbonyl (C=O) groups excluding carboxylic acids is 1. The molecule has 1 aliphatic rings. The van der Waals surface area contributed by atoms with Gasteiger partial charge in [0.2, 0.25) is 5.91 Å². The highest BCUT2D eigenvalue weighted by molar-refractivity contribution is 5.88. The number of rotatable bonds is 3. The van der Waals surface area contributed by atoms with Crippen molar-refractivity contribution in [3.05, 3.63) is 72.7 Å². The maximum atomic E-state index is 12.8. The van der Waals surface area contributed by atoms with Crippen molar-refractivity contribution in [2.75, 3.05) is 0 Å². The zero-order valence-corrected chi connectivity index (χ0v) is 18.0. The number of carbonyl (C=O) groups is 1. The third kappa shape index (κ3) is 3.75. The highest BCUT2D eigenvalue weighted by Gasteiger charge is 2.39. The SMILES string of the molecule is C=CC(=O)N1Cc2c(-c3ccncc3)c(-c3cccc(C#N)c3)nn2C[C@H]1C(C)(C)C. The molecule has 4 rings (SSSR count). The fourth-order valence-electron chi connectivity index (χ4n) is 4.19. The van der Waals surface area contributed by atoms with E-state index in [0.29, 0.717) is 18.7 Å². The first-order valence-electron chi connectivity index (χ1n) is 10.3. The summed E-state index contributed by atoms with van der Waals surface area (Å²) in [5.74, 6) is -0.0823. The third-order valence-corrected chi connectivity index (χ3v) is 5.79. The van der Waals surface area contributed by atoms with Gasteiger partial charge in [-0.15, -0.1) is 0 Å². The molecule has 3 heterocycles. The minimum Gasteiger partial charge on any atom is -0.328 e. The smallest absolute Gasteiger partial charge is 0.246 e. The van der Waals surface area contributed by atoms with Crippen LogP contribution in [0.2, 0.25) is 0 Å². The first-order chi connectivity index (χ1) is 14.8. The van der Waals surface area contributed by atoms with Gasteiger partial charge < -0.3 is 4.90 Å². The van der Waals surface area contributed by atoms with Gasteiger partial charge in [-0.1, -0.05) is 39.5 Å². The number of aromatic nitrogens is 3. The summed E-state index contributed by atoms with van der Waals surface area (Å²) in [4.78, 5) is 18.8. The van der Waals surface area contributed by atoms with E-state index in [4.69, 9.17) is 5.10 Å². The second kappa shape index (κ2) is 7.84. The molecule has 0 aliphatic carbocycles. The second-order valence-corrected chi connectivity index (χ2v) is 8.83. The van der Waals surface area contributed by atoms with Gasteiger partial charge in [0.15, 0.2) is 0 Å². The number of amides is 1. The Morgan fingerprint density at radius 3 is 2.61 bits per heavy atom. The van der Waals surface area contributed by atoms with Crippen LogP contribution in [0, 0.1) is 16.7 Å². The Morgan fingerprint density at radius 2 is 1.97 bits per heavy atom. The van der Waals surface area contributed by atoms with Gasteiger partial charge in [-0.25, -0.2) is 0 Å². The molecule has 0 saturated carbocycles. The number of fused-ring (bicyclic) bond motifs is 1. The Labute approximate surface area is 182 Å². The first kappa shape index (κ1) is 20.5.